The van der Waals surface area contributed by atoms with Crippen LogP contribution < -0.4 is 0 Å². The molecule has 4 atom stereocenters. The van der Waals surface area contributed by atoms with E-state index in [1.54, 1.807) is 0 Å². The summed E-state index contributed by atoms with van der Waals surface area (Å²) < 4.78 is 0. The Labute approximate surface area is 104 Å². The van der Waals surface area contributed by atoms with Crippen molar-refractivity contribution in [3.05, 3.63) is 21.3 Å². The summed E-state index contributed by atoms with van der Waals surface area (Å²) in [6.45, 7) is 0. The highest BCUT2D eigenvalue weighted by atomic mass is 35.5. The molecule has 2 bridgehead atoms. The second kappa shape index (κ2) is 3.11. The van der Waals surface area contributed by atoms with Gasteiger partial charge in [0.2, 0.25) is 0 Å². The first-order valence-corrected chi connectivity index (χ1v) is 7.30. The minimum Gasteiger partial charge on any atom is -0.293 e. The molecule has 0 saturated heterocycles. The van der Waals surface area contributed by atoms with Crippen molar-refractivity contribution in [2.45, 2.75) is 19.3 Å². The Bertz CT molecular complexity index is 450. The fourth-order valence-corrected chi connectivity index (χ4v) is 5.43. The maximum Gasteiger partial charge on any atom is 0.177 e. The Morgan fingerprint density at radius 2 is 2.00 bits per heavy atom. The Balaban J connectivity index is 1.62. The highest BCUT2D eigenvalue weighted by Gasteiger charge is 2.67. The van der Waals surface area contributed by atoms with Gasteiger partial charge in [-0.1, -0.05) is 11.6 Å². The van der Waals surface area contributed by atoms with E-state index in [4.69, 9.17) is 11.6 Å². The largest absolute Gasteiger partial charge is 0.293 e. The van der Waals surface area contributed by atoms with Gasteiger partial charge in [0.1, 0.15) is 0 Å². The highest BCUT2D eigenvalue weighted by molar-refractivity contribution is 7.12. The van der Waals surface area contributed by atoms with Gasteiger partial charge >= 0.3 is 0 Å². The van der Waals surface area contributed by atoms with E-state index in [1.165, 1.54) is 30.6 Å². The summed E-state index contributed by atoms with van der Waals surface area (Å²) in [7, 11) is 0. The van der Waals surface area contributed by atoms with Crippen molar-refractivity contribution in [1.29, 1.82) is 0 Å². The Kier molecular flexibility index (Phi) is 1.88. The lowest BCUT2D eigenvalue weighted by Crippen LogP contribution is -2.08. The topological polar surface area (TPSA) is 17.1 Å². The lowest BCUT2D eigenvalue weighted by atomic mass is 9.99. The van der Waals surface area contributed by atoms with Gasteiger partial charge in [-0.05, 0) is 54.4 Å². The number of hydrogen-bond acceptors (Lipinski definition) is 2. The molecule has 1 aromatic rings. The number of carbonyl (C=O) groups is 1. The van der Waals surface area contributed by atoms with Crippen LogP contribution >= 0.6 is 22.9 Å². The highest BCUT2D eigenvalue weighted by Crippen LogP contribution is 2.70. The molecule has 84 valence electrons. The molecule has 3 saturated carbocycles. The van der Waals surface area contributed by atoms with E-state index in [-0.39, 0.29) is 0 Å². The summed E-state index contributed by atoms with van der Waals surface area (Å²) in [6, 6.07) is 1.84. The van der Waals surface area contributed by atoms with Gasteiger partial charge in [-0.25, -0.2) is 0 Å². The lowest BCUT2D eigenvalue weighted by molar-refractivity contribution is 0.0949. The van der Waals surface area contributed by atoms with Crippen molar-refractivity contribution in [3.63, 3.8) is 0 Å². The van der Waals surface area contributed by atoms with E-state index in [2.05, 4.69) is 0 Å². The first-order valence-electron chi connectivity index (χ1n) is 6.04. The lowest BCUT2D eigenvalue weighted by Gasteiger charge is -2.06. The van der Waals surface area contributed by atoms with E-state index in [0.717, 1.165) is 28.5 Å². The van der Waals surface area contributed by atoms with Crippen molar-refractivity contribution in [1.82, 2.24) is 0 Å². The number of ketones is 1. The van der Waals surface area contributed by atoms with Crippen LogP contribution in [0.4, 0.5) is 0 Å². The third kappa shape index (κ3) is 1.10. The molecule has 16 heavy (non-hydrogen) atoms. The van der Waals surface area contributed by atoms with Gasteiger partial charge in [-0.2, -0.15) is 0 Å². The summed E-state index contributed by atoms with van der Waals surface area (Å²) >= 11 is 7.55. The van der Waals surface area contributed by atoms with E-state index in [1.807, 2.05) is 11.4 Å². The third-order valence-corrected chi connectivity index (χ3v) is 6.24. The molecule has 3 aliphatic rings. The van der Waals surface area contributed by atoms with E-state index < -0.39 is 0 Å². The number of hydrogen-bond donors (Lipinski definition) is 0. The normalized spacial score (nSPS) is 43.4. The average Bonchev–Trinajstić information content (AvgIpc) is 2.67. The average molecular weight is 253 g/mol. The number of fused-ring (bicyclic) bond motifs is 5. The number of thiophene rings is 1. The molecule has 0 spiro atoms. The Morgan fingerprint density at radius 3 is 2.56 bits per heavy atom. The SMILES string of the molecule is O=C(c1sccc1Cl)C1C2C3CCC(C3)C12. The first kappa shape index (κ1) is 9.67. The van der Waals surface area contributed by atoms with Crippen LogP contribution in [0.5, 0.6) is 0 Å². The van der Waals surface area contributed by atoms with Gasteiger partial charge in [0, 0.05) is 5.92 Å². The van der Waals surface area contributed by atoms with Crippen LogP contribution in [0.2, 0.25) is 5.02 Å². The molecule has 4 unspecified atom stereocenters. The summed E-state index contributed by atoms with van der Waals surface area (Å²) in [4.78, 5) is 13.2. The fraction of sp³-hybridized carbons (Fsp3) is 0.615. The van der Waals surface area contributed by atoms with E-state index >= 15 is 0 Å². The van der Waals surface area contributed by atoms with Crippen molar-refractivity contribution in [3.8, 4) is 0 Å². The van der Waals surface area contributed by atoms with Crippen LogP contribution in [0.15, 0.2) is 11.4 Å². The molecule has 3 fully saturated rings. The molecule has 0 amide bonds. The fourth-order valence-electron chi connectivity index (χ4n) is 4.30. The zero-order valence-corrected chi connectivity index (χ0v) is 10.4. The Morgan fingerprint density at radius 1 is 1.31 bits per heavy atom. The van der Waals surface area contributed by atoms with Crippen LogP contribution in [0.25, 0.3) is 0 Å². The predicted octanol–water partition coefficient (Wildman–Crippen LogP) is 3.88. The number of carbonyl (C=O) groups excluding carboxylic acids is 1. The molecule has 0 aromatic carbocycles. The van der Waals surface area contributed by atoms with E-state index in [0.29, 0.717) is 16.7 Å². The standard InChI is InChI=1S/C13H13ClOS/c14-8-3-4-16-13(8)12(15)11-9-6-1-2-7(5-6)10(9)11/h3-4,6-7,9-11H,1-2,5H2. The van der Waals surface area contributed by atoms with Crippen LogP contribution in [-0.4, -0.2) is 5.78 Å². The molecule has 1 heterocycles. The second-order valence-corrected chi connectivity index (χ2v) is 6.80. The molecule has 3 heteroatoms. The van der Waals surface area contributed by atoms with Gasteiger partial charge in [0.25, 0.3) is 0 Å². The number of halogens is 1. The maximum atomic E-state index is 12.3. The van der Waals surface area contributed by atoms with Gasteiger partial charge < -0.3 is 0 Å². The predicted molar refractivity (Wildman–Crippen MR) is 65.0 cm³/mol. The van der Waals surface area contributed by atoms with Gasteiger partial charge in [-0.3, -0.25) is 4.79 Å². The summed E-state index contributed by atoms with van der Waals surface area (Å²) in [5, 5.41) is 2.58. The zero-order chi connectivity index (χ0) is 10.9. The third-order valence-electron chi connectivity index (χ3n) is 4.88. The van der Waals surface area contributed by atoms with Crippen molar-refractivity contribution in [2.75, 3.05) is 0 Å². The van der Waals surface area contributed by atoms with Crippen LogP contribution in [-0.2, 0) is 0 Å². The van der Waals surface area contributed by atoms with Crippen LogP contribution in [0.1, 0.15) is 28.9 Å². The van der Waals surface area contributed by atoms with Crippen LogP contribution in [0.3, 0.4) is 0 Å². The first-order chi connectivity index (χ1) is 7.77. The zero-order valence-electron chi connectivity index (χ0n) is 8.86. The summed E-state index contributed by atoms with van der Waals surface area (Å²) in [6.07, 6.45) is 4.14. The van der Waals surface area contributed by atoms with Gasteiger partial charge in [-0.15, -0.1) is 11.3 Å². The van der Waals surface area contributed by atoms with Gasteiger partial charge in [0.15, 0.2) is 5.78 Å². The van der Waals surface area contributed by atoms with Crippen LogP contribution in [0, 0.1) is 29.6 Å². The smallest absolute Gasteiger partial charge is 0.177 e. The minimum atomic E-state index is 0.336. The van der Waals surface area contributed by atoms with Crippen molar-refractivity contribution >= 4 is 28.7 Å². The summed E-state index contributed by atoms with van der Waals surface area (Å²) in [5.74, 6) is 3.85. The number of rotatable bonds is 2. The maximum absolute atomic E-state index is 12.3. The molecular formula is C13H13ClOS. The molecule has 0 radical (unpaired) electrons. The monoisotopic (exact) mass is 252 g/mol. The van der Waals surface area contributed by atoms with Crippen molar-refractivity contribution < 1.29 is 4.79 Å². The van der Waals surface area contributed by atoms with E-state index in [9.17, 15) is 4.79 Å². The quantitative estimate of drug-likeness (QED) is 0.730. The molecule has 4 rings (SSSR count). The molecular weight excluding hydrogens is 240 g/mol. The molecule has 0 aliphatic heterocycles. The second-order valence-electron chi connectivity index (χ2n) is 5.48. The number of Topliss-reactive ketones (excluding diaryl/α,β-unsaturated/α-hetero) is 1. The summed E-state index contributed by atoms with van der Waals surface area (Å²) in [5.41, 5.74) is 0. The molecule has 1 nitrogen and oxygen atoms in total. The molecule has 0 N–H and O–H groups in total. The van der Waals surface area contributed by atoms with Crippen molar-refractivity contribution in [2.24, 2.45) is 29.6 Å². The molecule has 1 aromatic heterocycles. The molecule has 3 aliphatic carbocycles. The minimum absolute atomic E-state index is 0.336. The Hall–Kier alpha value is -0.340. The van der Waals surface area contributed by atoms with Gasteiger partial charge in [0.05, 0.1) is 9.90 Å².